The normalized spacial score (nSPS) is 12.1. The number of nitrogens with zero attached hydrogens (tertiary/aromatic N) is 2. The van der Waals surface area contributed by atoms with E-state index < -0.39 is 28.5 Å². The Kier molecular flexibility index (Phi) is 11.3. The smallest absolute Gasteiger partial charge is 0.264 e. The lowest BCUT2D eigenvalue weighted by molar-refractivity contribution is -0.139. The molecule has 0 aromatic heterocycles. The molecule has 1 N–H and O–H groups in total. The molecule has 11 heteroatoms. The summed E-state index contributed by atoms with van der Waals surface area (Å²) in [4.78, 5) is 28.4. The van der Waals surface area contributed by atoms with Gasteiger partial charge in [-0.1, -0.05) is 78.5 Å². The Morgan fingerprint density at radius 3 is 2.30 bits per heavy atom. The molecular formula is C29H32Cl3N3O4S. The molecule has 0 radical (unpaired) electrons. The second-order valence-electron chi connectivity index (χ2n) is 9.29. The molecule has 0 aliphatic heterocycles. The van der Waals surface area contributed by atoms with Gasteiger partial charge in [0.1, 0.15) is 12.6 Å². The molecule has 1 unspecified atom stereocenters. The van der Waals surface area contributed by atoms with Crippen molar-refractivity contribution in [2.45, 2.75) is 51.1 Å². The zero-order valence-corrected chi connectivity index (χ0v) is 25.6. The standard InChI is InChI=1S/C29H32Cl3N3O4S/c1-4-5-16-33-29(37)21(3)34(18-22-14-15-23(30)17-26(22)32)28(36)19-35(27-13-9-12-25(31)20(27)2)40(38,39)24-10-7-6-8-11-24/h6-15,17,21H,4-5,16,18-19H2,1-3H3,(H,33,37). The highest BCUT2D eigenvalue weighted by molar-refractivity contribution is 7.92. The number of carbonyl (C=O) groups excluding carboxylic acids is 2. The fraction of sp³-hybridized carbons (Fsp3) is 0.310. The summed E-state index contributed by atoms with van der Waals surface area (Å²) in [6, 6.07) is 16.6. The molecule has 0 aliphatic carbocycles. The van der Waals surface area contributed by atoms with Gasteiger partial charge in [0, 0.05) is 28.2 Å². The molecule has 2 amide bonds. The SMILES string of the molecule is CCCCNC(=O)C(C)N(Cc1ccc(Cl)cc1Cl)C(=O)CN(c1cccc(Cl)c1C)S(=O)(=O)c1ccccc1. The van der Waals surface area contributed by atoms with Gasteiger partial charge in [-0.25, -0.2) is 8.42 Å². The van der Waals surface area contributed by atoms with Crippen molar-refractivity contribution in [3.05, 3.63) is 92.9 Å². The van der Waals surface area contributed by atoms with Gasteiger partial charge >= 0.3 is 0 Å². The van der Waals surface area contributed by atoms with Crippen LogP contribution in [0.25, 0.3) is 0 Å². The van der Waals surface area contributed by atoms with Crippen LogP contribution in [0.2, 0.25) is 15.1 Å². The topological polar surface area (TPSA) is 86.8 Å². The number of rotatable bonds is 12. The number of benzene rings is 3. The molecule has 0 saturated carbocycles. The van der Waals surface area contributed by atoms with Gasteiger partial charge in [-0.15, -0.1) is 0 Å². The van der Waals surface area contributed by atoms with Gasteiger partial charge in [-0.3, -0.25) is 13.9 Å². The van der Waals surface area contributed by atoms with E-state index in [9.17, 15) is 18.0 Å². The third-order valence-electron chi connectivity index (χ3n) is 6.47. The molecule has 1 atom stereocenters. The number of hydrogen-bond donors (Lipinski definition) is 1. The molecule has 0 fully saturated rings. The van der Waals surface area contributed by atoms with Crippen molar-refractivity contribution in [2.24, 2.45) is 0 Å². The van der Waals surface area contributed by atoms with Gasteiger partial charge in [-0.2, -0.15) is 0 Å². The molecule has 0 aliphatic rings. The quantitative estimate of drug-likeness (QED) is 0.234. The van der Waals surface area contributed by atoms with Crippen LogP contribution in [0, 0.1) is 6.92 Å². The van der Waals surface area contributed by atoms with Crippen molar-refractivity contribution in [1.82, 2.24) is 10.2 Å². The first-order valence-electron chi connectivity index (χ1n) is 12.8. The van der Waals surface area contributed by atoms with Gasteiger partial charge in [0.25, 0.3) is 10.0 Å². The number of anilines is 1. The van der Waals surface area contributed by atoms with E-state index in [4.69, 9.17) is 34.8 Å². The number of amides is 2. The van der Waals surface area contributed by atoms with Gasteiger partial charge in [0.15, 0.2) is 0 Å². The lowest BCUT2D eigenvalue weighted by Crippen LogP contribution is -2.51. The van der Waals surface area contributed by atoms with E-state index in [0.717, 1.165) is 17.1 Å². The maximum atomic E-state index is 14.0. The van der Waals surface area contributed by atoms with E-state index in [-0.39, 0.29) is 23.0 Å². The molecule has 7 nitrogen and oxygen atoms in total. The first-order valence-corrected chi connectivity index (χ1v) is 15.4. The average Bonchev–Trinajstić information content (AvgIpc) is 2.93. The number of halogens is 3. The fourth-order valence-electron chi connectivity index (χ4n) is 4.05. The first kappa shape index (κ1) is 31.7. The highest BCUT2D eigenvalue weighted by Crippen LogP contribution is 2.31. The second kappa shape index (κ2) is 14.2. The van der Waals surface area contributed by atoms with E-state index in [0.29, 0.717) is 32.7 Å². The molecule has 3 aromatic carbocycles. The Bertz CT molecular complexity index is 1450. The van der Waals surface area contributed by atoms with Crippen LogP contribution < -0.4 is 9.62 Å². The summed E-state index contributed by atoms with van der Waals surface area (Å²) >= 11 is 18.8. The van der Waals surface area contributed by atoms with Gasteiger partial charge in [0.2, 0.25) is 11.8 Å². The highest BCUT2D eigenvalue weighted by atomic mass is 35.5. The number of nitrogens with one attached hydrogen (secondary N) is 1. The molecule has 0 bridgehead atoms. The summed E-state index contributed by atoms with van der Waals surface area (Å²) < 4.78 is 28.8. The van der Waals surface area contributed by atoms with E-state index in [2.05, 4.69) is 5.32 Å². The minimum absolute atomic E-state index is 0.0137. The fourth-order valence-corrected chi connectivity index (χ4v) is 6.18. The Morgan fingerprint density at radius 1 is 0.950 bits per heavy atom. The molecular weight excluding hydrogens is 593 g/mol. The van der Waals surface area contributed by atoms with Crippen LogP contribution in [0.1, 0.15) is 37.8 Å². The Labute approximate surface area is 251 Å². The van der Waals surface area contributed by atoms with Crippen LogP contribution in [0.3, 0.4) is 0 Å². The van der Waals surface area contributed by atoms with Crippen LogP contribution in [-0.4, -0.2) is 44.3 Å². The molecule has 3 rings (SSSR count). The maximum Gasteiger partial charge on any atom is 0.264 e. The molecule has 3 aromatic rings. The third-order valence-corrected chi connectivity index (χ3v) is 9.24. The average molecular weight is 625 g/mol. The Balaban J connectivity index is 2.05. The van der Waals surface area contributed by atoms with E-state index in [1.54, 1.807) is 68.4 Å². The summed E-state index contributed by atoms with van der Waals surface area (Å²) in [6.07, 6.45) is 1.68. The number of carbonyl (C=O) groups is 2. The van der Waals surface area contributed by atoms with Crippen molar-refractivity contribution in [3.8, 4) is 0 Å². The number of sulfonamides is 1. The van der Waals surface area contributed by atoms with Crippen molar-refractivity contribution in [3.63, 3.8) is 0 Å². The first-order chi connectivity index (χ1) is 19.0. The monoisotopic (exact) mass is 623 g/mol. The summed E-state index contributed by atoms with van der Waals surface area (Å²) in [7, 11) is -4.19. The highest BCUT2D eigenvalue weighted by Gasteiger charge is 2.33. The summed E-state index contributed by atoms with van der Waals surface area (Å²) in [5, 5.41) is 3.95. The predicted molar refractivity (Wildman–Crippen MR) is 162 cm³/mol. The van der Waals surface area contributed by atoms with Crippen molar-refractivity contribution in [1.29, 1.82) is 0 Å². The number of unbranched alkanes of at least 4 members (excludes halogenated alkanes) is 1. The lowest BCUT2D eigenvalue weighted by Gasteiger charge is -2.32. The molecule has 40 heavy (non-hydrogen) atoms. The van der Waals surface area contributed by atoms with Crippen molar-refractivity contribution in [2.75, 3.05) is 17.4 Å². The molecule has 214 valence electrons. The van der Waals surface area contributed by atoms with Crippen LogP contribution in [-0.2, 0) is 26.2 Å². The van der Waals surface area contributed by atoms with E-state index in [1.165, 1.54) is 17.0 Å². The lowest BCUT2D eigenvalue weighted by atomic mass is 10.1. The third kappa shape index (κ3) is 7.69. The number of hydrogen-bond acceptors (Lipinski definition) is 4. The second-order valence-corrected chi connectivity index (χ2v) is 12.4. The zero-order valence-electron chi connectivity index (χ0n) is 22.5. The summed E-state index contributed by atoms with van der Waals surface area (Å²) in [5.41, 5.74) is 1.31. The van der Waals surface area contributed by atoms with Crippen LogP contribution >= 0.6 is 34.8 Å². The molecule has 0 spiro atoms. The summed E-state index contributed by atoms with van der Waals surface area (Å²) in [5.74, 6) is -0.952. The Morgan fingerprint density at radius 2 is 1.65 bits per heavy atom. The largest absolute Gasteiger partial charge is 0.354 e. The van der Waals surface area contributed by atoms with Crippen LogP contribution in [0.4, 0.5) is 5.69 Å². The minimum atomic E-state index is -4.19. The predicted octanol–water partition coefficient (Wildman–Crippen LogP) is 6.48. The van der Waals surface area contributed by atoms with Crippen LogP contribution in [0.15, 0.2) is 71.6 Å². The van der Waals surface area contributed by atoms with Crippen molar-refractivity contribution < 1.29 is 18.0 Å². The maximum absolute atomic E-state index is 14.0. The Hall–Kier alpha value is -2.78. The van der Waals surface area contributed by atoms with Gasteiger partial charge in [0.05, 0.1) is 10.6 Å². The van der Waals surface area contributed by atoms with Gasteiger partial charge in [-0.05, 0) is 67.8 Å². The molecule has 0 heterocycles. The minimum Gasteiger partial charge on any atom is -0.354 e. The van der Waals surface area contributed by atoms with Crippen molar-refractivity contribution >= 4 is 62.3 Å². The zero-order chi connectivity index (χ0) is 29.4. The van der Waals surface area contributed by atoms with Gasteiger partial charge < -0.3 is 10.2 Å². The summed E-state index contributed by atoms with van der Waals surface area (Å²) in [6.45, 7) is 5.14. The van der Waals surface area contributed by atoms with E-state index >= 15 is 0 Å². The van der Waals surface area contributed by atoms with Crippen LogP contribution in [0.5, 0.6) is 0 Å². The van der Waals surface area contributed by atoms with E-state index in [1.807, 2.05) is 6.92 Å². The molecule has 0 saturated heterocycles.